The number of carbonyl (C=O) groups is 1. The number of hydroxylamine groups is 2. The van der Waals surface area contributed by atoms with Crippen LogP contribution in [0.3, 0.4) is 0 Å². The SMILES string of the molecule is C=C(CC)C(=O)ON(C)C.ClCc1ccccc1. The van der Waals surface area contributed by atoms with Crippen LogP contribution in [0.1, 0.15) is 18.9 Å². The summed E-state index contributed by atoms with van der Waals surface area (Å²) in [5, 5.41) is 1.35. The molecule has 0 saturated heterocycles. The van der Waals surface area contributed by atoms with Gasteiger partial charge in [-0.3, -0.25) is 0 Å². The average molecular weight is 270 g/mol. The fourth-order valence-electron chi connectivity index (χ4n) is 0.942. The van der Waals surface area contributed by atoms with E-state index in [-0.39, 0.29) is 5.97 Å². The summed E-state index contributed by atoms with van der Waals surface area (Å²) in [6.07, 6.45) is 0.632. The lowest BCUT2D eigenvalue weighted by atomic mass is 10.2. The predicted molar refractivity (Wildman–Crippen MR) is 75.2 cm³/mol. The Balaban J connectivity index is 0.000000327. The van der Waals surface area contributed by atoms with Crippen molar-refractivity contribution in [3.63, 3.8) is 0 Å². The van der Waals surface area contributed by atoms with Crippen molar-refractivity contribution < 1.29 is 9.63 Å². The molecule has 0 spiro atoms. The van der Waals surface area contributed by atoms with Gasteiger partial charge in [-0.05, 0) is 12.0 Å². The lowest BCUT2D eigenvalue weighted by molar-refractivity contribution is -0.173. The summed E-state index contributed by atoms with van der Waals surface area (Å²) < 4.78 is 0. The van der Waals surface area contributed by atoms with Gasteiger partial charge in [0.05, 0.1) is 0 Å². The Kier molecular flexibility index (Phi) is 8.97. The number of hydrogen-bond acceptors (Lipinski definition) is 3. The molecule has 1 aromatic carbocycles. The zero-order chi connectivity index (χ0) is 14.0. The monoisotopic (exact) mass is 269 g/mol. The third kappa shape index (κ3) is 7.87. The predicted octanol–water partition coefficient (Wildman–Crippen LogP) is 3.40. The van der Waals surface area contributed by atoms with E-state index < -0.39 is 0 Å². The minimum atomic E-state index is -0.354. The third-order valence-electron chi connectivity index (χ3n) is 1.98. The number of benzene rings is 1. The molecule has 18 heavy (non-hydrogen) atoms. The number of carbonyl (C=O) groups excluding carboxylic acids is 1. The van der Waals surface area contributed by atoms with Crippen molar-refractivity contribution in [2.24, 2.45) is 0 Å². The highest BCUT2D eigenvalue weighted by molar-refractivity contribution is 6.17. The molecule has 3 nitrogen and oxygen atoms in total. The van der Waals surface area contributed by atoms with E-state index in [9.17, 15) is 4.79 Å². The maximum atomic E-state index is 10.8. The second-order valence-electron chi connectivity index (χ2n) is 3.77. The van der Waals surface area contributed by atoms with Gasteiger partial charge < -0.3 is 4.84 Å². The molecule has 1 aromatic rings. The lowest BCUT2D eigenvalue weighted by Crippen LogP contribution is -2.19. The first-order valence-electron chi connectivity index (χ1n) is 5.68. The van der Waals surface area contributed by atoms with E-state index in [0.717, 1.165) is 0 Å². The molecule has 0 atom stereocenters. The Morgan fingerprint density at radius 2 is 1.89 bits per heavy atom. The molecule has 0 heterocycles. The standard InChI is InChI=1S/C7H7Cl.C7H13NO2/c8-6-7-4-2-1-3-5-7;1-5-6(2)7(9)10-8(3)4/h1-5H,6H2;2,5H2,1,3-4H3. The zero-order valence-electron chi connectivity index (χ0n) is 11.1. The molecule has 0 bridgehead atoms. The zero-order valence-corrected chi connectivity index (χ0v) is 11.9. The van der Waals surface area contributed by atoms with Gasteiger partial charge in [-0.1, -0.05) is 43.8 Å². The number of alkyl halides is 1. The molecule has 1 rings (SSSR count). The number of hydrogen-bond donors (Lipinski definition) is 0. The Labute approximate surface area is 114 Å². The second kappa shape index (κ2) is 9.68. The molecule has 0 aliphatic rings. The van der Waals surface area contributed by atoms with Gasteiger partial charge in [0.15, 0.2) is 0 Å². The van der Waals surface area contributed by atoms with E-state index in [2.05, 4.69) is 6.58 Å². The fourth-order valence-corrected chi connectivity index (χ4v) is 1.12. The van der Waals surface area contributed by atoms with Crippen molar-refractivity contribution in [3.05, 3.63) is 48.0 Å². The minimum absolute atomic E-state index is 0.354. The molecule has 0 N–H and O–H groups in total. The molecule has 0 unspecified atom stereocenters. The first-order valence-corrected chi connectivity index (χ1v) is 6.22. The highest BCUT2D eigenvalue weighted by Crippen LogP contribution is 2.00. The van der Waals surface area contributed by atoms with Gasteiger partial charge in [-0.25, -0.2) is 4.79 Å². The van der Waals surface area contributed by atoms with Crippen LogP contribution in [-0.2, 0) is 15.5 Å². The highest BCUT2D eigenvalue weighted by atomic mass is 35.5. The summed E-state index contributed by atoms with van der Waals surface area (Å²) in [6, 6.07) is 9.96. The first-order chi connectivity index (χ1) is 8.51. The molecule has 4 heteroatoms. The average Bonchev–Trinajstić information content (AvgIpc) is 2.38. The van der Waals surface area contributed by atoms with Gasteiger partial charge in [0.2, 0.25) is 0 Å². The minimum Gasteiger partial charge on any atom is -0.365 e. The second-order valence-corrected chi connectivity index (χ2v) is 4.03. The summed E-state index contributed by atoms with van der Waals surface area (Å²) >= 11 is 5.53. The summed E-state index contributed by atoms with van der Waals surface area (Å²) in [5.74, 6) is 0.258. The third-order valence-corrected chi connectivity index (χ3v) is 2.29. The molecule has 0 aliphatic heterocycles. The van der Waals surface area contributed by atoms with Crippen molar-refractivity contribution in [1.82, 2.24) is 5.06 Å². The van der Waals surface area contributed by atoms with Gasteiger partial charge in [0.1, 0.15) is 0 Å². The summed E-state index contributed by atoms with van der Waals surface area (Å²) in [7, 11) is 3.31. The summed E-state index contributed by atoms with van der Waals surface area (Å²) in [6.45, 7) is 5.39. The van der Waals surface area contributed by atoms with Gasteiger partial charge in [0, 0.05) is 25.5 Å². The van der Waals surface area contributed by atoms with Gasteiger partial charge in [-0.2, -0.15) is 0 Å². The molecular weight excluding hydrogens is 250 g/mol. The van der Waals surface area contributed by atoms with Crippen LogP contribution in [0.5, 0.6) is 0 Å². The fraction of sp³-hybridized carbons (Fsp3) is 0.357. The van der Waals surface area contributed by atoms with Crippen LogP contribution >= 0.6 is 11.6 Å². The van der Waals surface area contributed by atoms with Crippen LogP contribution in [-0.4, -0.2) is 25.1 Å². The summed E-state index contributed by atoms with van der Waals surface area (Å²) in [4.78, 5) is 15.5. The molecule has 0 saturated carbocycles. The van der Waals surface area contributed by atoms with Crippen molar-refractivity contribution >= 4 is 17.6 Å². The van der Waals surface area contributed by atoms with Crippen molar-refractivity contribution in [1.29, 1.82) is 0 Å². The maximum Gasteiger partial charge on any atom is 0.352 e. The van der Waals surface area contributed by atoms with E-state index >= 15 is 0 Å². The largest absolute Gasteiger partial charge is 0.365 e. The van der Waals surface area contributed by atoms with Gasteiger partial charge >= 0.3 is 5.97 Å². The molecule has 0 radical (unpaired) electrons. The van der Waals surface area contributed by atoms with Crippen LogP contribution in [0.2, 0.25) is 0 Å². The van der Waals surface area contributed by atoms with Crippen molar-refractivity contribution in [3.8, 4) is 0 Å². The van der Waals surface area contributed by atoms with Gasteiger partial charge in [0.25, 0.3) is 0 Å². The Morgan fingerprint density at radius 1 is 1.33 bits per heavy atom. The Morgan fingerprint density at radius 3 is 2.22 bits per heavy atom. The molecule has 0 fully saturated rings. The normalized spacial score (nSPS) is 9.39. The van der Waals surface area contributed by atoms with Crippen LogP contribution in [0, 0.1) is 0 Å². The molecule has 0 amide bonds. The highest BCUT2D eigenvalue weighted by Gasteiger charge is 2.06. The van der Waals surface area contributed by atoms with Crippen LogP contribution < -0.4 is 0 Å². The van der Waals surface area contributed by atoms with E-state index in [1.807, 2.05) is 37.3 Å². The van der Waals surface area contributed by atoms with Crippen LogP contribution in [0.15, 0.2) is 42.5 Å². The number of rotatable bonds is 4. The molecule has 100 valence electrons. The van der Waals surface area contributed by atoms with E-state index in [0.29, 0.717) is 17.9 Å². The first kappa shape index (κ1) is 16.7. The van der Waals surface area contributed by atoms with E-state index in [1.54, 1.807) is 14.1 Å². The smallest absolute Gasteiger partial charge is 0.352 e. The summed E-state index contributed by atoms with van der Waals surface area (Å²) in [5.41, 5.74) is 1.67. The van der Waals surface area contributed by atoms with Gasteiger partial charge in [-0.15, -0.1) is 16.7 Å². The molecule has 0 aliphatic carbocycles. The topological polar surface area (TPSA) is 29.5 Å². The number of halogens is 1. The van der Waals surface area contributed by atoms with E-state index in [1.165, 1.54) is 10.6 Å². The quantitative estimate of drug-likeness (QED) is 0.477. The Bertz CT molecular complexity index is 363. The molecular formula is C14H20ClNO2. The molecule has 0 aromatic heterocycles. The maximum absolute atomic E-state index is 10.8. The lowest BCUT2D eigenvalue weighted by Gasteiger charge is -2.09. The van der Waals surface area contributed by atoms with Crippen molar-refractivity contribution in [2.75, 3.05) is 14.1 Å². The van der Waals surface area contributed by atoms with Crippen LogP contribution in [0.4, 0.5) is 0 Å². The van der Waals surface area contributed by atoms with Crippen LogP contribution in [0.25, 0.3) is 0 Å². The van der Waals surface area contributed by atoms with Crippen molar-refractivity contribution in [2.45, 2.75) is 19.2 Å². The van der Waals surface area contributed by atoms with E-state index in [4.69, 9.17) is 16.4 Å². The number of nitrogens with zero attached hydrogens (tertiary/aromatic N) is 1. The Hall–Kier alpha value is -1.32.